The van der Waals surface area contributed by atoms with Crippen LogP contribution in [0.3, 0.4) is 0 Å². The average molecular weight is 246 g/mol. The van der Waals surface area contributed by atoms with Gasteiger partial charge in [-0.15, -0.1) is 0 Å². The Bertz CT molecular complexity index is 643. The van der Waals surface area contributed by atoms with Gasteiger partial charge < -0.3 is 9.63 Å². The van der Waals surface area contributed by atoms with Gasteiger partial charge in [0.25, 0.3) is 5.71 Å². The van der Waals surface area contributed by atoms with Gasteiger partial charge in [-0.05, 0) is 30.7 Å². The van der Waals surface area contributed by atoms with Crippen LogP contribution in [0.25, 0.3) is 11.1 Å². The third-order valence-corrected chi connectivity index (χ3v) is 3.44. The predicted molar refractivity (Wildman–Crippen MR) is 64.9 cm³/mol. The molecule has 0 unspecified atom stereocenters. The molecule has 1 aliphatic carbocycles. The van der Waals surface area contributed by atoms with E-state index in [-0.39, 0.29) is 5.92 Å². The minimum Gasteiger partial charge on any atom is -0.478 e. The highest BCUT2D eigenvalue weighted by atomic mass is 16.5. The van der Waals surface area contributed by atoms with Crippen molar-refractivity contribution in [3.8, 4) is 0 Å². The molecule has 0 spiro atoms. The normalized spacial score (nSPS) is 14.4. The smallest absolute Gasteiger partial charge is 0.336 e. The lowest BCUT2D eigenvalue weighted by Crippen LogP contribution is -2.06. The quantitative estimate of drug-likeness (QED) is 0.881. The summed E-state index contributed by atoms with van der Waals surface area (Å²) in [5, 5.41) is 14.0. The molecule has 0 aromatic carbocycles. The van der Waals surface area contributed by atoms with Crippen molar-refractivity contribution in [1.29, 1.82) is 0 Å². The van der Waals surface area contributed by atoms with Crippen molar-refractivity contribution in [2.75, 3.05) is 0 Å². The molecule has 0 saturated carbocycles. The zero-order valence-electron chi connectivity index (χ0n) is 10.4. The molecule has 0 fully saturated rings. The summed E-state index contributed by atoms with van der Waals surface area (Å²) in [6.07, 6.45) is 2.56. The molecule has 2 aromatic heterocycles. The Kier molecular flexibility index (Phi) is 2.36. The van der Waals surface area contributed by atoms with Gasteiger partial charge in [0.05, 0.1) is 16.6 Å². The van der Waals surface area contributed by atoms with Crippen LogP contribution in [0, 0.1) is 0 Å². The van der Waals surface area contributed by atoms with Crippen molar-refractivity contribution in [2.45, 2.75) is 39.0 Å². The molecule has 0 saturated heterocycles. The van der Waals surface area contributed by atoms with E-state index in [1.807, 2.05) is 13.8 Å². The van der Waals surface area contributed by atoms with Crippen molar-refractivity contribution in [1.82, 2.24) is 10.1 Å². The Morgan fingerprint density at radius 3 is 2.83 bits per heavy atom. The first-order valence-corrected chi connectivity index (χ1v) is 6.14. The second-order valence-corrected chi connectivity index (χ2v) is 4.97. The molecule has 94 valence electrons. The summed E-state index contributed by atoms with van der Waals surface area (Å²) in [7, 11) is 0. The molecule has 3 rings (SSSR count). The first-order chi connectivity index (χ1) is 8.59. The number of aromatic nitrogens is 2. The molecule has 1 N–H and O–H groups in total. The second kappa shape index (κ2) is 3.80. The topological polar surface area (TPSA) is 76.2 Å². The molecule has 1 aliphatic rings. The van der Waals surface area contributed by atoms with Gasteiger partial charge in [-0.3, -0.25) is 0 Å². The van der Waals surface area contributed by atoms with E-state index in [0.717, 1.165) is 30.5 Å². The van der Waals surface area contributed by atoms with Crippen LogP contribution in [0.5, 0.6) is 0 Å². The summed E-state index contributed by atoms with van der Waals surface area (Å²) in [6.45, 7) is 3.94. The van der Waals surface area contributed by atoms with Crippen molar-refractivity contribution < 1.29 is 14.4 Å². The number of hydrogen-bond acceptors (Lipinski definition) is 4. The summed E-state index contributed by atoms with van der Waals surface area (Å²) in [4.78, 5) is 16.0. The predicted octanol–water partition coefficient (Wildman–Crippen LogP) is 2.53. The van der Waals surface area contributed by atoms with Crippen molar-refractivity contribution in [3.05, 3.63) is 22.5 Å². The van der Waals surface area contributed by atoms with Crippen LogP contribution in [-0.4, -0.2) is 21.2 Å². The number of hydrogen-bond donors (Lipinski definition) is 1. The number of pyridine rings is 1. The highest BCUT2D eigenvalue weighted by molar-refractivity contribution is 6.04. The van der Waals surface area contributed by atoms with E-state index in [1.165, 1.54) is 0 Å². The van der Waals surface area contributed by atoms with E-state index in [2.05, 4.69) is 10.1 Å². The van der Waals surface area contributed by atoms with Crippen LogP contribution in [0.2, 0.25) is 0 Å². The maximum Gasteiger partial charge on any atom is 0.336 e. The van der Waals surface area contributed by atoms with Gasteiger partial charge in [0.1, 0.15) is 0 Å². The van der Waals surface area contributed by atoms with Crippen LogP contribution in [0.15, 0.2) is 4.52 Å². The van der Waals surface area contributed by atoms with Crippen LogP contribution in [0.4, 0.5) is 0 Å². The third kappa shape index (κ3) is 1.43. The van der Waals surface area contributed by atoms with E-state index < -0.39 is 5.97 Å². The molecular formula is C13H14N2O3. The number of aryl methyl sites for hydroxylation is 1. The van der Waals surface area contributed by atoms with Gasteiger partial charge in [0.2, 0.25) is 0 Å². The fraction of sp³-hybridized carbons (Fsp3) is 0.462. The molecule has 0 radical (unpaired) electrons. The molecule has 2 aromatic rings. The van der Waals surface area contributed by atoms with Crippen LogP contribution in [0.1, 0.15) is 53.5 Å². The van der Waals surface area contributed by atoms with Crippen LogP contribution in [-0.2, 0) is 12.8 Å². The second-order valence-electron chi connectivity index (χ2n) is 4.97. The maximum atomic E-state index is 11.6. The Balaban J connectivity index is 2.42. The van der Waals surface area contributed by atoms with Gasteiger partial charge in [0, 0.05) is 5.69 Å². The zero-order chi connectivity index (χ0) is 12.9. The molecule has 0 atom stereocenters. The zero-order valence-corrected chi connectivity index (χ0v) is 10.4. The molecule has 0 bridgehead atoms. The molecule has 18 heavy (non-hydrogen) atoms. The highest BCUT2D eigenvalue weighted by Gasteiger charge is 2.28. The fourth-order valence-electron chi connectivity index (χ4n) is 2.63. The van der Waals surface area contributed by atoms with E-state index >= 15 is 0 Å². The third-order valence-electron chi connectivity index (χ3n) is 3.44. The van der Waals surface area contributed by atoms with Crippen molar-refractivity contribution >= 4 is 17.1 Å². The summed E-state index contributed by atoms with van der Waals surface area (Å²) in [6, 6.07) is 0. The minimum absolute atomic E-state index is 0.116. The van der Waals surface area contributed by atoms with Gasteiger partial charge in [-0.1, -0.05) is 19.0 Å². The lowest BCUT2D eigenvalue weighted by atomic mass is 9.99. The molecule has 5 nitrogen and oxygen atoms in total. The molecule has 0 aliphatic heterocycles. The first kappa shape index (κ1) is 11.2. The number of rotatable bonds is 2. The minimum atomic E-state index is -0.911. The molecule has 0 amide bonds. The molecule has 5 heteroatoms. The number of aromatic carboxylic acids is 1. The largest absolute Gasteiger partial charge is 0.478 e. The Hall–Kier alpha value is -1.91. The first-order valence-electron chi connectivity index (χ1n) is 6.14. The van der Waals surface area contributed by atoms with Crippen LogP contribution >= 0.6 is 0 Å². The fourth-order valence-corrected chi connectivity index (χ4v) is 2.63. The number of fused-ring (bicyclic) bond motifs is 2. The van der Waals surface area contributed by atoms with Crippen molar-refractivity contribution in [2.24, 2.45) is 0 Å². The summed E-state index contributed by atoms with van der Waals surface area (Å²) < 4.78 is 5.20. The lowest BCUT2D eigenvalue weighted by molar-refractivity contribution is 0.0697. The summed E-state index contributed by atoms with van der Waals surface area (Å²) >= 11 is 0. The Morgan fingerprint density at radius 1 is 1.39 bits per heavy atom. The maximum absolute atomic E-state index is 11.6. The average Bonchev–Trinajstić information content (AvgIpc) is 2.89. The van der Waals surface area contributed by atoms with E-state index in [9.17, 15) is 9.90 Å². The highest BCUT2D eigenvalue weighted by Crippen LogP contribution is 2.34. The van der Waals surface area contributed by atoms with E-state index in [0.29, 0.717) is 22.4 Å². The standard InChI is InChI=1S/C13H14N2O3/c1-6(2)11-10-9(13(16)17)7-4-3-5-8(7)14-12(10)18-15-11/h6H,3-5H2,1-2H3,(H,16,17). The van der Waals surface area contributed by atoms with Gasteiger partial charge in [0.15, 0.2) is 0 Å². The number of carboxylic acids is 1. The SMILES string of the molecule is CC(C)c1noc2nc3c(c(C(=O)O)c12)CCC3. The van der Waals surface area contributed by atoms with Crippen LogP contribution < -0.4 is 0 Å². The Labute approximate surface area is 104 Å². The summed E-state index contributed by atoms with van der Waals surface area (Å²) in [5.74, 6) is -0.795. The summed E-state index contributed by atoms with van der Waals surface area (Å²) in [5.41, 5.74) is 3.10. The number of carbonyl (C=O) groups is 1. The Morgan fingerprint density at radius 2 is 2.17 bits per heavy atom. The van der Waals surface area contributed by atoms with E-state index in [4.69, 9.17) is 4.52 Å². The lowest BCUT2D eigenvalue weighted by Gasteiger charge is -2.06. The number of nitrogens with zero attached hydrogens (tertiary/aromatic N) is 2. The van der Waals surface area contributed by atoms with Gasteiger partial charge in [-0.2, -0.15) is 0 Å². The van der Waals surface area contributed by atoms with Crippen molar-refractivity contribution in [3.63, 3.8) is 0 Å². The monoisotopic (exact) mass is 246 g/mol. The van der Waals surface area contributed by atoms with Gasteiger partial charge in [-0.25, -0.2) is 9.78 Å². The molecular weight excluding hydrogens is 232 g/mol. The van der Waals surface area contributed by atoms with Gasteiger partial charge >= 0.3 is 5.97 Å². The molecule has 2 heterocycles. The number of carboxylic acid groups (broad SMARTS) is 1. The van der Waals surface area contributed by atoms with E-state index in [1.54, 1.807) is 0 Å².